The van der Waals surface area contributed by atoms with Crippen LogP contribution in [-0.4, -0.2) is 85.7 Å². The van der Waals surface area contributed by atoms with Gasteiger partial charge >= 0.3 is 0 Å². The van der Waals surface area contributed by atoms with Gasteiger partial charge in [0.15, 0.2) is 0 Å². The second-order valence-electron chi connectivity index (χ2n) is 8.80. The molecule has 0 aromatic heterocycles. The van der Waals surface area contributed by atoms with E-state index in [0.717, 1.165) is 31.0 Å². The lowest BCUT2D eigenvalue weighted by atomic mass is 9.96. The minimum atomic E-state index is -0.849. The number of fused-ring (bicyclic) bond motifs is 1. The van der Waals surface area contributed by atoms with Crippen LogP contribution in [0.25, 0.3) is 0 Å². The van der Waals surface area contributed by atoms with Crippen molar-refractivity contribution in [2.24, 2.45) is 11.8 Å². The maximum absolute atomic E-state index is 13.3. The predicted molar refractivity (Wildman–Crippen MR) is 114 cm³/mol. The molecule has 8 nitrogen and oxygen atoms in total. The highest BCUT2D eigenvalue weighted by Crippen LogP contribution is 2.27. The van der Waals surface area contributed by atoms with Gasteiger partial charge in [0.05, 0.1) is 30.9 Å². The van der Waals surface area contributed by atoms with Crippen LogP contribution in [0.4, 0.5) is 0 Å². The number of amides is 3. The Bertz CT molecular complexity index is 795. The van der Waals surface area contributed by atoms with Crippen LogP contribution < -0.4 is 5.32 Å². The van der Waals surface area contributed by atoms with Crippen molar-refractivity contribution in [3.63, 3.8) is 0 Å². The molecule has 3 amide bonds. The van der Waals surface area contributed by atoms with Gasteiger partial charge in [-0.05, 0) is 24.5 Å². The zero-order chi connectivity index (χ0) is 22.0. The summed E-state index contributed by atoms with van der Waals surface area (Å²) >= 11 is 0. The fourth-order valence-corrected chi connectivity index (χ4v) is 4.85. The van der Waals surface area contributed by atoms with E-state index >= 15 is 0 Å². The van der Waals surface area contributed by atoms with E-state index < -0.39 is 17.9 Å². The Labute approximate surface area is 182 Å². The van der Waals surface area contributed by atoms with Gasteiger partial charge in [0.1, 0.15) is 6.04 Å². The fourth-order valence-electron chi connectivity index (χ4n) is 4.85. The summed E-state index contributed by atoms with van der Waals surface area (Å²) < 4.78 is 11.1. The van der Waals surface area contributed by atoms with E-state index in [1.165, 1.54) is 0 Å². The van der Waals surface area contributed by atoms with E-state index in [0.29, 0.717) is 43.4 Å². The van der Waals surface area contributed by atoms with Gasteiger partial charge in [0.2, 0.25) is 5.91 Å². The number of morpholine rings is 1. The van der Waals surface area contributed by atoms with Crippen LogP contribution in [0.2, 0.25) is 0 Å². The van der Waals surface area contributed by atoms with E-state index in [-0.39, 0.29) is 17.9 Å². The molecule has 0 radical (unpaired) electrons. The highest BCUT2D eigenvalue weighted by Gasteiger charge is 2.44. The highest BCUT2D eigenvalue weighted by atomic mass is 16.5. The molecule has 1 N–H and O–H groups in total. The van der Waals surface area contributed by atoms with Crippen molar-refractivity contribution < 1.29 is 23.9 Å². The van der Waals surface area contributed by atoms with Crippen LogP contribution in [0.3, 0.4) is 0 Å². The van der Waals surface area contributed by atoms with E-state index in [9.17, 15) is 14.4 Å². The molecule has 4 rings (SSSR count). The van der Waals surface area contributed by atoms with E-state index in [1.54, 1.807) is 24.3 Å². The molecule has 3 heterocycles. The normalized spacial score (nSPS) is 23.8. The minimum Gasteiger partial charge on any atom is -0.381 e. The molecule has 3 atom stereocenters. The SMILES string of the molecule is CC(C)C(C(=O)NCC(C1CCOC1)N1CCOCC1)N1C(=O)c2ccccc2C1=O. The number of carbonyl (C=O) groups excluding carboxylic acids is 3. The van der Waals surface area contributed by atoms with Crippen molar-refractivity contribution in [2.75, 3.05) is 46.1 Å². The summed E-state index contributed by atoms with van der Waals surface area (Å²) in [6, 6.07) is 6.03. The largest absolute Gasteiger partial charge is 0.381 e. The first-order valence-electron chi connectivity index (χ1n) is 11.1. The first-order valence-corrected chi connectivity index (χ1v) is 11.1. The summed E-state index contributed by atoms with van der Waals surface area (Å²) in [6.07, 6.45) is 0.962. The summed E-state index contributed by atoms with van der Waals surface area (Å²) in [7, 11) is 0. The molecule has 3 aliphatic heterocycles. The van der Waals surface area contributed by atoms with Crippen molar-refractivity contribution in [2.45, 2.75) is 32.4 Å². The van der Waals surface area contributed by atoms with Gasteiger partial charge in [-0.3, -0.25) is 24.2 Å². The average molecular weight is 430 g/mol. The first kappa shape index (κ1) is 21.9. The topological polar surface area (TPSA) is 88.2 Å². The molecule has 0 spiro atoms. The standard InChI is InChI=1S/C23H31N3O5/c1-15(2)20(26-22(28)17-5-3-4-6-18(17)23(26)29)21(27)24-13-19(16-7-10-31-14-16)25-8-11-30-12-9-25/h3-6,15-16,19-20H,7-14H2,1-2H3,(H,24,27). The van der Waals surface area contributed by atoms with Crippen molar-refractivity contribution in [1.82, 2.24) is 15.1 Å². The number of nitrogens with one attached hydrogen (secondary N) is 1. The molecule has 0 bridgehead atoms. The molecule has 3 unspecified atom stereocenters. The molecule has 2 fully saturated rings. The van der Waals surface area contributed by atoms with Gasteiger partial charge in [-0.25, -0.2) is 0 Å². The molecule has 168 valence electrons. The minimum absolute atomic E-state index is 0.144. The zero-order valence-corrected chi connectivity index (χ0v) is 18.2. The zero-order valence-electron chi connectivity index (χ0n) is 18.2. The van der Waals surface area contributed by atoms with Crippen molar-refractivity contribution in [3.8, 4) is 0 Å². The van der Waals surface area contributed by atoms with Gasteiger partial charge in [-0.1, -0.05) is 26.0 Å². The van der Waals surface area contributed by atoms with Crippen LogP contribution in [0.1, 0.15) is 41.0 Å². The lowest BCUT2D eigenvalue weighted by molar-refractivity contribution is -0.126. The quantitative estimate of drug-likeness (QED) is 0.655. The molecule has 2 saturated heterocycles. The first-order chi connectivity index (χ1) is 15.0. The van der Waals surface area contributed by atoms with E-state index in [4.69, 9.17) is 9.47 Å². The molecule has 3 aliphatic rings. The maximum atomic E-state index is 13.3. The number of ether oxygens (including phenoxy) is 2. The Balaban J connectivity index is 1.48. The number of hydrogen-bond acceptors (Lipinski definition) is 6. The van der Waals surface area contributed by atoms with Crippen LogP contribution in [0.15, 0.2) is 24.3 Å². The van der Waals surface area contributed by atoms with E-state index in [2.05, 4.69) is 10.2 Å². The molecular formula is C23H31N3O5. The Morgan fingerprint density at radius 1 is 1.06 bits per heavy atom. The lowest BCUT2D eigenvalue weighted by Gasteiger charge is -2.38. The Kier molecular flexibility index (Phi) is 6.69. The van der Waals surface area contributed by atoms with Gasteiger partial charge in [-0.15, -0.1) is 0 Å². The summed E-state index contributed by atoms with van der Waals surface area (Å²) in [4.78, 5) is 42.7. The third kappa shape index (κ3) is 4.37. The molecule has 0 saturated carbocycles. The second kappa shape index (κ2) is 9.46. The number of hydrogen-bond donors (Lipinski definition) is 1. The molecule has 8 heteroatoms. The molecule has 0 aliphatic carbocycles. The third-order valence-electron chi connectivity index (χ3n) is 6.51. The maximum Gasteiger partial charge on any atom is 0.262 e. The lowest BCUT2D eigenvalue weighted by Crippen LogP contribution is -2.56. The monoisotopic (exact) mass is 429 g/mol. The predicted octanol–water partition coefficient (Wildman–Crippen LogP) is 1.16. The van der Waals surface area contributed by atoms with Crippen LogP contribution in [0, 0.1) is 11.8 Å². The Morgan fingerprint density at radius 3 is 2.26 bits per heavy atom. The molecular weight excluding hydrogens is 398 g/mol. The molecule has 1 aromatic carbocycles. The van der Waals surface area contributed by atoms with Crippen LogP contribution in [0.5, 0.6) is 0 Å². The average Bonchev–Trinajstić information content (AvgIpc) is 3.38. The van der Waals surface area contributed by atoms with Crippen molar-refractivity contribution in [1.29, 1.82) is 0 Å². The molecule has 31 heavy (non-hydrogen) atoms. The highest BCUT2D eigenvalue weighted by molar-refractivity contribution is 6.22. The van der Waals surface area contributed by atoms with E-state index in [1.807, 2.05) is 13.8 Å². The fraction of sp³-hybridized carbons (Fsp3) is 0.609. The van der Waals surface area contributed by atoms with Gasteiger partial charge in [0.25, 0.3) is 11.8 Å². The summed E-state index contributed by atoms with van der Waals surface area (Å²) in [5, 5.41) is 3.06. The molecule has 1 aromatic rings. The van der Waals surface area contributed by atoms with Gasteiger partial charge in [0, 0.05) is 38.2 Å². The van der Waals surface area contributed by atoms with Crippen molar-refractivity contribution >= 4 is 17.7 Å². The van der Waals surface area contributed by atoms with Crippen LogP contribution in [-0.2, 0) is 14.3 Å². The number of rotatable bonds is 7. The Hall–Kier alpha value is -2.29. The van der Waals surface area contributed by atoms with Crippen LogP contribution >= 0.6 is 0 Å². The van der Waals surface area contributed by atoms with Gasteiger partial charge < -0.3 is 14.8 Å². The summed E-state index contributed by atoms with van der Waals surface area (Å²) in [5.41, 5.74) is 0.723. The number of carbonyl (C=O) groups is 3. The summed E-state index contributed by atoms with van der Waals surface area (Å²) in [6.45, 7) is 8.61. The second-order valence-corrected chi connectivity index (χ2v) is 8.80. The Morgan fingerprint density at radius 2 is 1.71 bits per heavy atom. The number of benzene rings is 1. The third-order valence-corrected chi connectivity index (χ3v) is 6.51. The summed E-state index contributed by atoms with van der Waals surface area (Å²) in [5.74, 6) is -0.956. The smallest absolute Gasteiger partial charge is 0.262 e. The van der Waals surface area contributed by atoms with Gasteiger partial charge in [-0.2, -0.15) is 0 Å². The van der Waals surface area contributed by atoms with Crippen molar-refractivity contribution in [3.05, 3.63) is 35.4 Å². The number of imide groups is 1. The number of nitrogens with zero attached hydrogens (tertiary/aromatic N) is 2.